The molecule has 0 spiro atoms. The molecule has 0 bridgehead atoms. The first-order valence-corrected chi connectivity index (χ1v) is 12.8. The maximum atomic E-state index is 13.6. The van der Waals surface area contributed by atoms with Crippen LogP contribution in [0, 0.1) is 5.92 Å². The van der Waals surface area contributed by atoms with Crippen LogP contribution in [0.3, 0.4) is 0 Å². The van der Waals surface area contributed by atoms with E-state index in [4.69, 9.17) is 18.9 Å². The zero-order valence-electron chi connectivity index (χ0n) is 20.9. The summed E-state index contributed by atoms with van der Waals surface area (Å²) in [6.07, 6.45) is 1.30. The van der Waals surface area contributed by atoms with Gasteiger partial charge >= 0.3 is 6.09 Å². The molecule has 1 aromatic carbocycles. The lowest BCUT2D eigenvalue weighted by Gasteiger charge is -2.27. The van der Waals surface area contributed by atoms with E-state index in [2.05, 4.69) is 14.9 Å². The Kier molecular flexibility index (Phi) is 5.38. The van der Waals surface area contributed by atoms with E-state index in [9.17, 15) is 9.59 Å². The first-order chi connectivity index (χ1) is 18.6. The molecule has 2 aromatic heterocycles. The van der Waals surface area contributed by atoms with Crippen molar-refractivity contribution in [2.75, 3.05) is 56.3 Å². The highest BCUT2D eigenvalue weighted by Gasteiger charge is 2.48. The van der Waals surface area contributed by atoms with Gasteiger partial charge in [0, 0.05) is 43.9 Å². The van der Waals surface area contributed by atoms with Gasteiger partial charge in [-0.3, -0.25) is 14.7 Å². The monoisotopic (exact) mass is 517 g/mol. The summed E-state index contributed by atoms with van der Waals surface area (Å²) < 4.78 is 22.1. The van der Waals surface area contributed by atoms with Gasteiger partial charge in [0.1, 0.15) is 18.7 Å². The topological polar surface area (TPSA) is 107 Å². The molecular weight excluding hydrogens is 490 g/mol. The van der Waals surface area contributed by atoms with Crippen molar-refractivity contribution < 1.29 is 28.5 Å². The van der Waals surface area contributed by atoms with Gasteiger partial charge in [0.15, 0.2) is 17.6 Å². The smallest absolute Gasteiger partial charge is 0.415 e. The SMILES string of the molecule is COc1ccc2nccc(N3C[C@@H]4CCN(C(=O)[C@@H]5CN(c6ccc7c(c6)OCCO7)C(=O)O5)[C@@H]4C3)c2n1. The van der Waals surface area contributed by atoms with Crippen LogP contribution in [-0.2, 0) is 9.53 Å². The minimum atomic E-state index is -0.851. The lowest BCUT2D eigenvalue weighted by molar-refractivity contribution is -0.139. The number of carbonyl (C=O) groups is 2. The van der Waals surface area contributed by atoms with Crippen molar-refractivity contribution in [1.82, 2.24) is 14.9 Å². The Morgan fingerprint density at radius 1 is 1.05 bits per heavy atom. The number of benzene rings is 1. The van der Waals surface area contributed by atoms with Crippen molar-refractivity contribution >= 4 is 34.4 Å². The Morgan fingerprint density at radius 3 is 2.79 bits per heavy atom. The second kappa shape index (κ2) is 8.93. The third kappa shape index (κ3) is 3.72. The molecular formula is C27H27N5O6. The number of hydrogen-bond acceptors (Lipinski definition) is 9. The predicted octanol–water partition coefficient (Wildman–Crippen LogP) is 2.47. The molecule has 196 valence electrons. The summed E-state index contributed by atoms with van der Waals surface area (Å²) in [5, 5.41) is 0. The lowest BCUT2D eigenvalue weighted by Crippen LogP contribution is -2.46. The zero-order chi connectivity index (χ0) is 25.8. The number of rotatable bonds is 4. The maximum Gasteiger partial charge on any atom is 0.415 e. The molecule has 38 heavy (non-hydrogen) atoms. The van der Waals surface area contributed by atoms with Crippen LogP contribution >= 0.6 is 0 Å². The Morgan fingerprint density at radius 2 is 1.92 bits per heavy atom. The average molecular weight is 518 g/mol. The van der Waals surface area contributed by atoms with E-state index in [1.807, 2.05) is 17.0 Å². The van der Waals surface area contributed by atoms with Crippen LogP contribution in [0.1, 0.15) is 6.42 Å². The Bertz CT molecular complexity index is 1430. The van der Waals surface area contributed by atoms with Crippen molar-refractivity contribution in [3.63, 3.8) is 0 Å². The predicted molar refractivity (Wildman–Crippen MR) is 137 cm³/mol. The number of likely N-dealkylation sites (tertiary alicyclic amines) is 1. The molecule has 0 N–H and O–H groups in total. The molecule has 6 heterocycles. The number of aromatic nitrogens is 2. The molecule has 0 unspecified atom stereocenters. The van der Waals surface area contributed by atoms with E-state index in [-0.39, 0.29) is 18.5 Å². The number of hydrogen-bond donors (Lipinski definition) is 0. The van der Waals surface area contributed by atoms with E-state index in [1.165, 1.54) is 4.90 Å². The van der Waals surface area contributed by atoms with E-state index in [1.54, 1.807) is 37.6 Å². The van der Waals surface area contributed by atoms with E-state index >= 15 is 0 Å². The summed E-state index contributed by atoms with van der Waals surface area (Å²) in [6.45, 7) is 3.26. The van der Waals surface area contributed by atoms with Crippen LogP contribution in [0.2, 0.25) is 0 Å². The fourth-order valence-corrected chi connectivity index (χ4v) is 5.98. The Labute approximate surface area is 218 Å². The Balaban J connectivity index is 1.08. The number of methoxy groups -OCH3 is 1. The third-order valence-electron chi connectivity index (χ3n) is 7.84. The molecule has 4 aliphatic heterocycles. The van der Waals surface area contributed by atoms with Crippen molar-refractivity contribution in [2.24, 2.45) is 5.92 Å². The van der Waals surface area contributed by atoms with Crippen LogP contribution in [0.4, 0.5) is 16.2 Å². The van der Waals surface area contributed by atoms with Gasteiger partial charge in [-0.2, -0.15) is 0 Å². The van der Waals surface area contributed by atoms with Crippen molar-refractivity contribution in [3.8, 4) is 17.4 Å². The molecule has 0 radical (unpaired) electrons. The summed E-state index contributed by atoms with van der Waals surface area (Å²) in [5.74, 6) is 1.95. The number of anilines is 2. The van der Waals surface area contributed by atoms with E-state index in [0.29, 0.717) is 55.3 Å². The molecule has 0 saturated carbocycles. The largest absolute Gasteiger partial charge is 0.486 e. The summed E-state index contributed by atoms with van der Waals surface area (Å²) in [4.78, 5) is 41.1. The number of nitrogens with zero attached hydrogens (tertiary/aromatic N) is 5. The van der Waals surface area contributed by atoms with E-state index < -0.39 is 12.2 Å². The molecule has 2 amide bonds. The van der Waals surface area contributed by atoms with Gasteiger partial charge in [-0.15, -0.1) is 0 Å². The molecule has 11 heteroatoms. The minimum absolute atomic E-state index is 0.0402. The van der Waals surface area contributed by atoms with Crippen molar-refractivity contribution in [2.45, 2.75) is 18.6 Å². The highest BCUT2D eigenvalue weighted by molar-refractivity contribution is 5.96. The number of cyclic esters (lactones) is 1. The molecule has 3 saturated heterocycles. The standard InChI is InChI=1S/C27H27N5O6/c1-35-24-5-3-18-25(29-24)19(6-8-28-18)30-13-16-7-9-31(20(16)14-30)26(33)23-15-32(27(34)38-23)17-2-4-21-22(12-17)37-11-10-36-21/h2-6,8,12,16,20,23H,7,9-11,13-15H2,1H3/t16-,20+,23-/m0/s1. The summed E-state index contributed by atoms with van der Waals surface area (Å²) >= 11 is 0. The fourth-order valence-electron chi connectivity index (χ4n) is 5.98. The van der Waals surface area contributed by atoms with Crippen molar-refractivity contribution in [1.29, 1.82) is 0 Å². The summed E-state index contributed by atoms with van der Waals surface area (Å²) in [5.41, 5.74) is 3.18. The van der Waals surface area contributed by atoms with Gasteiger partial charge in [-0.05, 0) is 30.7 Å². The van der Waals surface area contributed by atoms with Gasteiger partial charge in [-0.25, -0.2) is 9.78 Å². The molecule has 3 aromatic rings. The van der Waals surface area contributed by atoms with Gasteiger partial charge < -0.3 is 28.7 Å². The molecule has 0 aliphatic carbocycles. The van der Waals surface area contributed by atoms with Gasteiger partial charge in [0.2, 0.25) is 5.88 Å². The molecule has 3 fully saturated rings. The minimum Gasteiger partial charge on any atom is -0.486 e. The van der Waals surface area contributed by atoms with Crippen LogP contribution in [0.25, 0.3) is 11.0 Å². The van der Waals surface area contributed by atoms with Gasteiger partial charge in [0.25, 0.3) is 5.91 Å². The quantitative estimate of drug-likeness (QED) is 0.516. The number of pyridine rings is 2. The number of fused-ring (bicyclic) bond motifs is 3. The first kappa shape index (κ1) is 22.9. The highest BCUT2D eigenvalue weighted by atomic mass is 16.6. The molecule has 7 rings (SSSR count). The normalized spacial score (nSPS) is 24.1. The van der Waals surface area contributed by atoms with Crippen LogP contribution in [0.15, 0.2) is 42.6 Å². The summed E-state index contributed by atoms with van der Waals surface area (Å²) in [7, 11) is 1.60. The van der Waals surface area contributed by atoms with Crippen molar-refractivity contribution in [3.05, 3.63) is 42.6 Å². The Hall–Kier alpha value is -4.28. The second-order valence-corrected chi connectivity index (χ2v) is 9.92. The maximum absolute atomic E-state index is 13.6. The fraction of sp³-hybridized carbons (Fsp3) is 0.407. The van der Waals surface area contributed by atoms with Crippen LogP contribution in [0.5, 0.6) is 17.4 Å². The molecule has 11 nitrogen and oxygen atoms in total. The third-order valence-corrected chi connectivity index (χ3v) is 7.84. The van der Waals surface area contributed by atoms with Gasteiger partial charge in [-0.1, -0.05) is 0 Å². The highest BCUT2D eigenvalue weighted by Crippen LogP contribution is 2.38. The number of carbonyl (C=O) groups excluding carboxylic acids is 2. The summed E-state index contributed by atoms with van der Waals surface area (Å²) in [6, 6.07) is 11.0. The van der Waals surface area contributed by atoms with Crippen LogP contribution < -0.4 is 24.0 Å². The van der Waals surface area contributed by atoms with Gasteiger partial charge in [0.05, 0.1) is 36.6 Å². The zero-order valence-corrected chi connectivity index (χ0v) is 20.9. The van der Waals surface area contributed by atoms with Crippen LogP contribution in [-0.4, -0.2) is 85.5 Å². The lowest BCUT2D eigenvalue weighted by atomic mass is 10.0. The molecule has 3 atom stereocenters. The first-order valence-electron chi connectivity index (χ1n) is 12.8. The van der Waals surface area contributed by atoms with E-state index in [0.717, 1.165) is 29.7 Å². The number of amides is 2. The molecule has 4 aliphatic rings. The second-order valence-electron chi connectivity index (χ2n) is 9.92. The average Bonchev–Trinajstić information content (AvgIpc) is 3.66. The number of ether oxygens (including phenoxy) is 4.